The third-order valence-electron chi connectivity index (χ3n) is 0. The Hall–Kier alpha value is 2.36. The minimum absolute atomic E-state index is 0.359. The second-order valence-corrected chi connectivity index (χ2v) is 8.07. The molecule has 0 saturated heterocycles. The monoisotopic (exact) mass is 327 g/mol. The third-order valence-corrected chi connectivity index (χ3v) is 0. The summed E-state index contributed by atoms with van der Waals surface area (Å²) in [5, 5.41) is 0. The van der Waals surface area contributed by atoms with Crippen LogP contribution >= 0.6 is 34.2 Å². The molecule has 0 rings (SSSR count). The zero-order chi connectivity index (χ0) is 3.58. The minimum atomic E-state index is 0.359. The Morgan fingerprint density at radius 3 is 2.00 bits per heavy atom. The summed E-state index contributed by atoms with van der Waals surface area (Å²) in [6.45, 7) is 0. The molecule has 0 spiro atoms. The summed E-state index contributed by atoms with van der Waals surface area (Å²) in [6.07, 6.45) is 0. The Morgan fingerprint density at radius 2 is 2.00 bits per heavy atom. The van der Waals surface area contributed by atoms with Gasteiger partial charge in [-0.25, -0.2) is 0 Å². The summed E-state index contributed by atoms with van der Waals surface area (Å²) < 4.78 is 0.359. The van der Waals surface area contributed by atoms with E-state index in [9.17, 15) is 0 Å². The maximum absolute atomic E-state index is 5.30. The number of halogens is 2. The summed E-state index contributed by atoms with van der Waals surface area (Å²) in [4.78, 5) is 0. The van der Waals surface area contributed by atoms with Gasteiger partial charge in [-0.3, -0.25) is 0 Å². The molecule has 0 amide bonds. The van der Waals surface area contributed by atoms with Crippen LogP contribution in [0.1, 0.15) is 0 Å². The summed E-state index contributed by atoms with van der Waals surface area (Å²) in [6, 6.07) is 0. The van der Waals surface area contributed by atoms with E-state index in [1.807, 2.05) is 0 Å². The van der Waals surface area contributed by atoms with Gasteiger partial charge in [0, 0.05) is 0 Å². The summed E-state index contributed by atoms with van der Waals surface area (Å²) in [7, 11) is 0. The van der Waals surface area contributed by atoms with Crippen molar-refractivity contribution in [3.05, 3.63) is 0 Å². The second-order valence-electron chi connectivity index (χ2n) is 0.261. The van der Waals surface area contributed by atoms with Gasteiger partial charge in [0.25, 0.3) is 0 Å². The van der Waals surface area contributed by atoms with Gasteiger partial charge in [0.15, 0.2) is 0 Å². The van der Waals surface area contributed by atoms with Gasteiger partial charge in [-0.1, -0.05) is 0 Å². The molecule has 0 aromatic heterocycles. The van der Waals surface area contributed by atoms with Gasteiger partial charge < -0.3 is 0 Å². The summed E-state index contributed by atoms with van der Waals surface area (Å²) in [5.74, 6) is 0. The first kappa shape index (κ1) is 6.36. The van der Waals surface area contributed by atoms with E-state index in [-0.39, 0.29) is 0 Å². The van der Waals surface area contributed by atoms with E-state index in [1.165, 1.54) is 38.3 Å². The van der Waals surface area contributed by atoms with E-state index in [0.717, 1.165) is 0 Å². The second kappa shape index (κ2) is 3.54. The first-order valence-corrected chi connectivity index (χ1v) is 3.87. The molecule has 0 radical (unpaired) electrons. The summed E-state index contributed by atoms with van der Waals surface area (Å²) >= 11 is 8.87. The summed E-state index contributed by atoms with van der Waals surface area (Å²) in [5.41, 5.74) is 0. The molecule has 1 unspecified atom stereocenters. The molecular weight excluding hydrogens is 325 g/mol. The van der Waals surface area contributed by atoms with Crippen LogP contribution in [0.15, 0.2) is 0 Å². The quantitative estimate of drug-likeness (QED) is 0.468. The fraction of sp³-hybridized carbons (Fsp3) is 1.00. The van der Waals surface area contributed by atoms with E-state index in [2.05, 4.69) is 22.6 Å². The van der Waals surface area contributed by atoms with Gasteiger partial charge in [-0.15, -0.1) is 0 Å². The zero-order valence-corrected chi connectivity index (χ0v) is 7.27. The van der Waals surface area contributed by atoms with E-state index in [4.69, 9.17) is 11.6 Å². The van der Waals surface area contributed by atoms with Crippen molar-refractivity contribution in [1.82, 2.24) is 0 Å². The number of alkyl halides is 2. The third kappa shape index (κ3) is 8.84. The first-order chi connectivity index (χ1) is 1.73. The number of hydrogen-bond donors (Lipinski definition) is 0. The predicted molar refractivity (Wildman–Crippen MR) is 23.7 cm³/mol. The molecule has 0 nitrogen and oxygen atoms in total. The fourth-order valence-corrected chi connectivity index (χ4v) is 0. The average molecular weight is 326 g/mol. The van der Waals surface area contributed by atoms with Gasteiger partial charge in [0.05, 0.1) is 0 Å². The molecule has 3 heteroatoms. The van der Waals surface area contributed by atoms with Gasteiger partial charge in [-0.2, -0.15) is 0 Å². The van der Waals surface area contributed by atoms with Crippen LogP contribution in [0.4, 0.5) is 0 Å². The number of hydrogen-bond acceptors (Lipinski definition) is 0. The molecule has 0 aliphatic rings. The topological polar surface area (TPSA) is 0 Å². The van der Waals surface area contributed by atoms with Crippen molar-refractivity contribution in [2.24, 2.45) is 0 Å². The van der Waals surface area contributed by atoms with Gasteiger partial charge in [0.1, 0.15) is 0 Å². The molecule has 0 aromatic carbocycles. The molecule has 0 N–H and O–H groups in total. The Balaban J connectivity index is 2.32. The normalized spacial score (nSPS) is 15.5. The van der Waals surface area contributed by atoms with Crippen LogP contribution < -0.4 is 0 Å². The maximum atomic E-state index is 5.30. The van der Waals surface area contributed by atoms with Crippen LogP contribution in [0.5, 0.6) is 0 Å². The Labute approximate surface area is 70.1 Å². The molecule has 0 aliphatic carbocycles. The van der Waals surface area contributed by atoms with Crippen molar-refractivity contribution >= 4 is 34.2 Å². The predicted octanol–water partition coefficient (Wildman–Crippen LogP) is 1.49. The number of rotatable bonds is 0. The zero-order valence-electron chi connectivity index (χ0n) is 1.74. The molecule has 0 saturated carbocycles. The van der Waals surface area contributed by atoms with Gasteiger partial charge >= 0.3 is 71.6 Å². The Kier molecular flexibility index (Phi) is 5.63. The van der Waals surface area contributed by atoms with E-state index in [1.54, 1.807) is 0 Å². The van der Waals surface area contributed by atoms with Crippen molar-refractivity contribution in [3.63, 3.8) is 0 Å². The van der Waals surface area contributed by atoms with Crippen LogP contribution in [-0.2, 0) is 0 Å². The molecule has 0 bridgehead atoms. The molecule has 0 heterocycles. The van der Waals surface area contributed by atoms with E-state index >= 15 is 0 Å². The van der Waals surface area contributed by atoms with Crippen LogP contribution in [0.3, 0.4) is 0 Å². The van der Waals surface area contributed by atoms with Gasteiger partial charge in [-0.05, 0) is 0 Å². The standard InChI is InChI=1S/CHClI.Sm/c2-1-3;/h1H;. The Morgan fingerprint density at radius 1 is 2.00 bits per heavy atom. The van der Waals surface area contributed by atoms with E-state index in [0.29, 0.717) is -0.901 Å². The van der Waals surface area contributed by atoms with Crippen LogP contribution in [0, 0.1) is 38.3 Å². The molecular formula is CHClISm. The van der Waals surface area contributed by atoms with Crippen molar-refractivity contribution in [3.8, 4) is 0 Å². The Bertz CT molecular complexity index is 12.8. The molecule has 0 fully saturated rings. The molecule has 0 aliphatic heterocycles. The van der Waals surface area contributed by atoms with E-state index < -0.39 is 0 Å². The average Bonchev–Trinajstić information content (AvgIpc) is 0.811. The van der Waals surface area contributed by atoms with Gasteiger partial charge in [0.2, 0.25) is 0 Å². The molecule has 0 aromatic rings. The van der Waals surface area contributed by atoms with Crippen molar-refractivity contribution in [2.45, 2.75) is -0.901 Å². The molecule has 4 heavy (non-hydrogen) atoms. The van der Waals surface area contributed by atoms with Crippen LogP contribution in [0.2, 0.25) is 0 Å². The SMILES string of the molecule is Cl[CH](I)[Sm]. The fourth-order valence-electron chi connectivity index (χ4n) is 0. The molecule has 25 valence electrons. The van der Waals surface area contributed by atoms with Crippen molar-refractivity contribution in [1.29, 1.82) is 0 Å². The van der Waals surface area contributed by atoms with Crippen LogP contribution in [0.25, 0.3) is 0 Å². The first-order valence-electron chi connectivity index (χ1n) is 0.672. The van der Waals surface area contributed by atoms with Crippen LogP contribution in [-0.4, -0.2) is -0.901 Å². The van der Waals surface area contributed by atoms with Crippen molar-refractivity contribution in [2.75, 3.05) is 0 Å². The van der Waals surface area contributed by atoms with Crippen molar-refractivity contribution < 1.29 is 38.3 Å². The molecule has 1 atom stereocenters.